The van der Waals surface area contributed by atoms with Gasteiger partial charge >= 0.3 is 12.1 Å². The topological polar surface area (TPSA) is 65.1 Å². The molecule has 1 N–H and O–H groups in total. The standard InChI is InChI=1S/C21H36N4O3/c1-3-28-20(27)24-12-8-21(15-24)13-17(14-21)23-10-6-16(7-11-23)18-5-4-9-25(18)19(26)22-2/h16-18H,3-15H2,1-2H3,(H,22,26)/t17?,18-,21?/m0/s1. The van der Waals surface area contributed by atoms with E-state index in [2.05, 4.69) is 15.1 Å². The molecule has 4 fully saturated rings. The number of hydrogen-bond donors (Lipinski definition) is 1. The number of likely N-dealkylation sites (tertiary alicyclic amines) is 3. The minimum absolute atomic E-state index is 0.0956. The number of rotatable bonds is 3. The van der Waals surface area contributed by atoms with Crippen LogP contribution >= 0.6 is 0 Å². The maximum absolute atomic E-state index is 12.1. The molecule has 0 aromatic rings. The molecule has 28 heavy (non-hydrogen) atoms. The molecule has 0 aromatic heterocycles. The Balaban J connectivity index is 1.23. The number of amides is 3. The molecule has 1 saturated carbocycles. The SMILES string of the molecule is CCOC(=O)N1CCC2(CC(N3CCC([C@@H]4CCCN4C(=O)NC)CC3)C2)C1. The minimum atomic E-state index is -0.138. The molecule has 1 spiro atoms. The van der Waals surface area contributed by atoms with Crippen molar-refractivity contribution < 1.29 is 14.3 Å². The first-order valence-electron chi connectivity index (χ1n) is 11.2. The highest BCUT2D eigenvalue weighted by atomic mass is 16.6. The van der Waals surface area contributed by atoms with Gasteiger partial charge in [0.05, 0.1) is 6.61 Å². The average Bonchev–Trinajstić information content (AvgIpc) is 3.34. The van der Waals surface area contributed by atoms with Gasteiger partial charge in [0.15, 0.2) is 0 Å². The van der Waals surface area contributed by atoms with Crippen molar-refractivity contribution in [2.24, 2.45) is 11.3 Å². The van der Waals surface area contributed by atoms with Crippen molar-refractivity contribution in [2.75, 3.05) is 46.4 Å². The lowest BCUT2D eigenvalue weighted by Crippen LogP contribution is -2.55. The van der Waals surface area contributed by atoms with Gasteiger partial charge < -0.3 is 24.8 Å². The summed E-state index contributed by atoms with van der Waals surface area (Å²) in [5, 5.41) is 2.81. The van der Waals surface area contributed by atoms with Gasteiger partial charge in [-0.3, -0.25) is 0 Å². The van der Waals surface area contributed by atoms with Crippen LogP contribution in [0.3, 0.4) is 0 Å². The summed E-state index contributed by atoms with van der Waals surface area (Å²) < 4.78 is 5.17. The van der Waals surface area contributed by atoms with Crippen LogP contribution in [0.4, 0.5) is 9.59 Å². The lowest BCUT2D eigenvalue weighted by atomic mass is 9.64. The third-order valence-corrected chi connectivity index (χ3v) is 7.71. The lowest BCUT2D eigenvalue weighted by molar-refractivity contribution is -0.0144. The van der Waals surface area contributed by atoms with Gasteiger partial charge in [0, 0.05) is 38.8 Å². The van der Waals surface area contributed by atoms with E-state index in [1.807, 2.05) is 11.8 Å². The predicted molar refractivity (Wildman–Crippen MR) is 107 cm³/mol. The Kier molecular flexibility index (Phi) is 5.72. The second kappa shape index (κ2) is 8.09. The number of carbonyl (C=O) groups excluding carboxylic acids is 2. The number of piperidine rings is 1. The van der Waals surface area contributed by atoms with E-state index >= 15 is 0 Å². The Hall–Kier alpha value is -1.50. The first kappa shape index (κ1) is 19.8. The summed E-state index contributed by atoms with van der Waals surface area (Å²) in [5.74, 6) is 0.649. The van der Waals surface area contributed by atoms with Crippen LogP contribution < -0.4 is 5.32 Å². The van der Waals surface area contributed by atoms with Crippen molar-refractivity contribution >= 4 is 12.1 Å². The van der Waals surface area contributed by atoms with Crippen LogP contribution in [-0.2, 0) is 4.74 Å². The Morgan fingerprint density at radius 3 is 2.54 bits per heavy atom. The van der Waals surface area contributed by atoms with E-state index in [1.54, 1.807) is 7.05 Å². The summed E-state index contributed by atoms with van der Waals surface area (Å²) in [5.41, 5.74) is 0.343. The Bertz CT molecular complexity index is 584. The molecule has 4 aliphatic rings. The zero-order chi connectivity index (χ0) is 19.7. The molecule has 7 nitrogen and oxygen atoms in total. The Morgan fingerprint density at radius 1 is 1.11 bits per heavy atom. The van der Waals surface area contributed by atoms with E-state index in [4.69, 9.17) is 4.74 Å². The van der Waals surface area contributed by atoms with E-state index < -0.39 is 0 Å². The van der Waals surface area contributed by atoms with Crippen molar-refractivity contribution in [3.05, 3.63) is 0 Å². The maximum Gasteiger partial charge on any atom is 0.409 e. The molecule has 7 heteroatoms. The second-order valence-corrected chi connectivity index (χ2v) is 9.26. The van der Waals surface area contributed by atoms with Gasteiger partial charge in [-0.15, -0.1) is 0 Å². The zero-order valence-corrected chi connectivity index (χ0v) is 17.5. The summed E-state index contributed by atoms with van der Waals surface area (Å²) in [6, 6.07) is 1.21. The van der Waals surface area contributed by atoms with Crippen LogP contribution in [0.5, 0.6) is 0 Å². The van der Waals surface area contributed by atoms with Crippen molar-refractivity contribution in [3.63, 3.8) is 0 Å². The normalized spacial score (nSPS) is 33.9. The Labute approximate surface area is 168 Å². The molecule has 3 saturated heterocycles. The number of nitrogens with one attached hydrogen (secondary N) is 1. The molecule has 0 unspecified atom stereocenters. The fourth-order valence-electron chi connectivity index (χ4n) is 6.18. The van der Waals surface area contributed by atoms with Crippen LogP contribution in [0.2, 0.25) is 0 Å². The molecule has 1 aliphatic carbocycles. The van der Waals surface area contributed by atoms with Gasteiger partial charge in [-0.05, 0) is 76.3 Å². The molecule has 1 atom stereocenters. The zero-order valence-electron chi connectivity index (χ0n) is 17.5. The molecule has 3 aliphatic heterocycles. The number of urea groups is 1. The smallest absolute Gasteiger partial charge is 0.409 e. The van der Waals surface area contributed by atoms with E-state index in [1.165, 1.54) is 25.7 Å². The number of hydrogen-bond acceptors (Lipinski definition) is 4. The maximum atomic E-state index is 12.1. The van der Waals surface area contributed by atoms with E-state index in [-0.39, 0.29) is 12.1 Å². The van der Waals surface area contributed by atoms with Crippen molar-refractivity contribution in [1.82, 2.24) is 20.0 Å². The summed E-state index contributed by atoms with van der Waals surface area (Å²) in [6.45, 7) is 7.28. The largest absolute Gasteiger partial charge is 0.450 e. The highest BCUT2D eigenvalue weighted by Crippen LogP contribution is 2.51. The fourth-order valence-corrected chi connectivity index (χ4v) is 6.18. The molecule has 4 rings (SSSR count). The van der Waals surface area contributed by atoms with Gasteiger partial charge in [0.1, 0.15) is 0 Å². The number of nitrogens with zero attached hydrogens (tertiary/aromatic N) is 3. The van der Waals surface area contributed by atoms with Crippen LogP contribution in [-0.4, -0.2) is 85.3 Å². The molecular formula is C21H36N4O3. The Morgan fingerprint density at radius 2 is 1.86 bits per heavy atom. The minimum Gasteiger partial charge on any atom is -0.450 e. The van der Waals surface area contributed by atoms with Gasteiger partial charge in [-0.25, -0.2) is 9.59 Å². The quantitative estimate of drug-likeness (QED) is 0.802. The monoisotopic (exact) mass is 392 g/mol. The summed E-state index contributed by atoms with van der Waals surface area (Å²) in [7, 11) is 1.73. The summed E-state index contributed by atoms with van der Waals surface area (Å²) in [6.07, 6.45) is 8.15. The van der Waals surface area contributed by atoms with E-state index in [9.17, 15) is 9.59 Å². The van der Waals surface area contributed by atoms with Crippen LogP contribution in [0, 0.1) is 11.3 Å². The van der Waals surface area contributed by atoms with E-state index in [0.29, 0.717) is 30.0 Å². The molecule has 3 amide bonds. The van der Waals surface area contributed by atoms with Crippen LogP contribution in [0.25, 0.3) is 0 Å². The fraction of sp³-hybridized carbons (Fsp3) is 0.905. The molecular weight excluding hydrogens is 356 g/mol. The molecule has 0 aromatic carbocycles. The van der Waals surface area contributed by atoms with Gasteiger partial charge in [-0.1, -0.05) is 0 Å². The lowest BCUT2D eigenvalue weighted by Gasteiger charge is -2.52. The molecule has 3 heterocycles. The van der Waals surface area contributed by atoms with Crippen LogP contribution in [0.15, 0.2) is 0 Å². The number of ether oxygens (including phenoxy) is 1. The first-order valence-corrected chi connectivity index (χ1v) is 11.2. The molecule has 0 radical (unpaired) electrons. The molecule has 0 bridgehead atoms. The van der Waals surface area contributed by atoms with Gasteiger partial charge in [-0.2, -0.15) is 0 Å². The third kappa shape index (κ3) is 3.70. The van der Waals surface area contributed by atoms with Crippen LogP contribution in [0.1, 0.15) is 51.9 Å². The predicted octanol–water partition coefficient (Wildman–Crippen LogP) is 2.51. The number of carbonyl (C=O) groups is 2. The highest BCUT2D eigenvalue weighted by molar-refractivity contribution is 5.74. The van der Waals surface area contributed by atoms with Crippen molar-refractivity contribution in [2.45, 2.75) is 64.0 Å². The second-order valence-electron chi connectivity index (χ2n) is 9.26. The van der Waals surface area contributed by atoms with Gasteiger partial charge in [0.25, 0.3) is 0 Å². The summed E-state index contributed by atoms with van der Waals surface area (Å²) >= 11 is 0. The van der Waals surface area contributed by atoms with E-state index in [0.717, 1.165) is 52.0 Å². The average molecular weight is 393 g/mol. The van der Waals surface area contributed by atoms with Crippen molar-refractivity contribution in [3.8, 4) is 0 Å². The summed E-state index contributed by atoms with van der Waals surface area (Å²) in [4.78, 5) is 30.7. The van der Waals surface area contributed by atoms with Crippen molar-refractivity contribution in [1.29, 1.82) is 0 Å². The molecule has 158 valence electrons. The third-order valence-electron chi connectivity index (χ3n) is 7.71. The van der Waals surface area contributed by atoms with Gasteiger partial charge in [0.2, 0.25) is 0 Å². The first-order chi connectivity index (χ1) is 13.5. The highest BCUT2D eigenvalue weighted by Gasteiger charge is 2.51.